The van der Waals surface area contributed by atoms with Crippen molar-refractivity contribution in [3.05, 3.63) is 40.2 Å². The number of rotatable bonds is 2. The highest BCUT2D eigenvalue weighted by atomic mass is 32.1. The van der Waals surface area contributed by atoms with Crippen molar-refractivity contribution in [2.45, 2.75) is 19.9 Å². The Bertz CT molecular complexity index is 652. The lowest BCUT2D eigenvalue weighted by atomic mass is 10.1. The molecule has 0 unspecified atom stereocenters. The number of aromatic nitrogens is 1. The van der Waals surface area contributed by atoms with Gasteiger partial charge in [-0.25, -0.2) is 4.98 Å². The Morgan fingerprint density at radius 1 is 1.48 bits per heavy atom. The van der Waals surface area contributed by atoms with Crippen LogP contribution in [-0.4, -0.2) is 41.5 Å². The van der Waals surface area contributed by atoms with E-state index in [0.717, 1.165) is 41.5 Å². The fourth-order valence-corrected chi connectivity index (χ4v) is 3.24. The first kappa shape index (κ1) is 14.2. The molecule has 5 heteroatoms. The highest BCUT2D eigenvalue weighted by Gasteiger charge is 2.24. The number of carbonyl (C=O) groups is 1. The fourth-order valence-electron chi connectivity index (χ4n) is 2.62. The van der Waals surface area contributed by atoms with Crippen molar-refractivity contribution in [2.75, 3.05) is 19.6 Å². The van der Waals surface area contributed by atoms with Crippen LogP contribution in [0.1, 0.15) is 22.3 Å². The Hall–Kier alpha value is -1.72. The predicted octanol–water partition coefficient (Wildman–Crippen LogP) is 2.55. The van der Waals surface area contributed by atoms with Crippen LogP contribution in [0.3, 0.4) is 0 Å². The molecule has 110 valence electrons. The molecule has 1 saturated heterocycles. The molecule has 0 aliphatic carbocycles. The molecular formula is C16H19N3OS. The summed E-state index contributed by atoms with van der Waals surface area (Å²) in [5.41, 5.74) is 2.69. The minimum absolute atomic E-state index is 0.109. The smallest absolute Gasteiger partial charge is 0.254 e. The van der Waals surface area contributed by atoms with E-state index >= 15 is 0 Å². The van der Waals surface area contributed by atoms with E-state index in [-0.39, 0.29) is 11.9 Å². The van der Waals surface area contributed by atoms with Crippen LogP contribution in [0.2, 0.25) is 0 Å². The molecule has 21 heavy (non-hydrogen) atoms. The van der Waals surface area contributed by atoms with Crippen LogP contribution >= 0.6 is 11.3 Å². The molecule has 1 aromatic heterocycles. The summed E-state index contributed by atoms with van der Waals surface area (Å²) in [7, 11) is 0. The van der Waals surface area contributed by atoms with E-state index in [0.29, 0.717) is 0 Å². The van der Waals surface area contributed by atoms with E-state index in [1.165, 1.54) is 0 Å². The molecule has 1 atom stereocenters. The molecule has 1 amide bonds. The zero-order valence-corrected chi connectivity index (χ0v) is 13.1. The van der Waals surface area contributed by atoms with E-state index < -0.39 is 0 Å². The molecule has 2 heterocycles. The van der Waals surface area contributed by atoms with Gasteiger partial charge in [0.25, 0.3) is 5.91 Å². The molecule has 0 bridgehead atoms. The van der Waals surface area contributed by atoms with Crippen LogP contribution in [0.5, 0.6) is 0 Å². The number of thiazole rings is 1. The lowest BCUT2D eigenvalue weighted by molar-refractivity contribution is 0.0656. The maximum atomic E-state index is 12.7. The topological polar surface area (TPSA) is 45.2 Å². The van der Waals surface area contributed by atoms with Crippen molar-refractivity contribution in [3.63, 3.8) is 0 Å². The van der Waals surface area contributed by atoms with E-state index in [1.807, 2.05) is 41.5 Å². The standard InChI is InChI=1S/C16H19N3OS/c1-11-9-17-6-7-19(11)16(20)14-5-3-4-13(8-14)15-10-21-12(2)18-15/h3-5,8,10-11,17H,6-7,9H2,1-2H3/t11-/m1/s1. The van der Waals surface area contributed by atoms with E-state index in [2.05, 4.69) is 17.2 Å². The van der Waals surface area contributed by atoms with Gasteiger partial charge in [0, 0.05) is 42.2 Å². The molecule has 1 fully saturated rings. The summed E-state index contributed by atoms with van der Waals surface area (Å²) >= 11 is 1.63. The van der Waals surface area contributed by atoms with E-state index in [1.54, 1.807) is 11.3 Å². The van der Waals surface area contributed by atoms with Crippen molar-refractivity contribution in [3.8, 4) is 11.3 Å². The van der Waals surface area contributed by atoms with Crippen LogP contribution in [-0.2, 0) is 0 Å². The molecule has 1 aliphatic rings. The monoisotopic (exact) mass is 301 g/mol. The summed E-state index contributed by atoms with van der Waals surface area (Å²) in [4.78, 5) is 19.1. The first-order valence-corrected chi connectivity index (χ1v) is 8.07. The van der Waals surface area contributed by atoms with Crippen molar-refractivity contribution in [1.82, 2.24) is 15.2 Å². The van der Waals surface area contributed by atoms with Crippen LogP contribution in [0.15, 0.2) is 29.6 Å². The molecule has 1 N–H and O–H groups in total. The predicted molar refractivity (Wildman–Crippen MR) is 85.7 cm³/mol. The number of aryl methyl sites for hydroxylation is 1. The van der Waals surface area contributed by atoms with Crippen molar-refractivity contribution < 1.29 is 4.79 Å². The SMILES string of the molecule is Cc1nc(-c2cccc(C(=O)N3CCNC[C@H]3C)c2)cs1. The number of nitrogens with one attached hydrogen (secondary N) is 1. The van der Waals surface area contributed by atoms with Crippen LogP contribution in [0.25, 0.3) is 11.3 Å². The Morgan fingerprint density at radius 2 is 2.33 bits per heavy atom. The molecule has 1 aromatic carbocycles. The summed E-state index contributed by atoms with van der Waals surface area (Å²) in [6.45, 7) is 6.56. The Kier molecular flexibility index (Phi) is 4.03. The molecule has 2 aromatic rings. The molecular weight excluding hydrogens is 282 g/mol. The van der Waals surface area contributed by atoms with Crippen molar-refractivity contribution in [1.29, 1.82) is 0 Å². The van der Waals surface area contributed by atoms with Gasteiger partial charge in [0.15, 0.2) is 0 Å². The van der Waals surface area contributed by atoms with Crippen LogP contribution in [0.4, 0.5) is 0 Å². The van der Waals surface area contributed by atoms with Gasteiger partial charge >= 0.3 is 0 Å². The molecule has 1 aliphatic heterocycles. The van der Waals surface area contributed by atoms with E-state index in [4.69, 9.17) is 0 Å². The number of amides is 1. The molecule has 3 rings (SSSR count). The third-order valence-corrected chi connectivity index (χ3v) is 4.56. The number of nitrogens with zero attached hydrogens (tertiary/aromatic N) is 2. The summed E-state index contributed by atoms with van der Waals surface area (Å²) < 4.78 is 0. The largest absolute Gasteiger partial charge is 0.333 e. The minimum atomic E-state index is 0.109. The number of piperazine rings is 1. The molecule has 0 radical (unpaired) electrons. The average molecular weight is 301 g/mol. The normalized spacial score (nSPS) is 18.8. The number of carbonyl (C=O) groups excluding carboxylic acids is 1. The Labute approximate surface area is 128 Å². The third-order valence-electron chi connectivity index (χ3n) is 3.79. The zero-order chi connectivity index (χ0) is 14.8. The van der Waals surface area contributed by atoms with Gasteiger partial charge in [0.2, 0.25) is 0 Å². The van der Waals surface area contributed by atoms with Crippen molar-refractivity contribution in [2.24, 2.45) is 0 Å². The fraction of sp³-hybridized carbons (Fsp3) is 0.375. The second-order valence-corrected chi connectivity index (χ2v) is 6.45. The van der Waals surface area contributed by atoms with Crippen molar-refractivity contribution >= 4 is 17.2 Å². The second kappa shape index (κ2) is 5.95. The van der Waals surface area contributed by atoms with Gasteiger partial charge in [-0.05, 0) is 26.0 Å². The van der Waals surface area contributed by atoms with Gasteiger partial charge in [-0.15, -0.1) is 11.3 Å². The first-order valence-electron chi connectivity index (χ1n) is 7.19. The minimum Gasteiger partial charge on any atom is -0.333 e. The van der Waals surface area contributed by atoms with Gasteiger partial charge in [-0.3, -0.25) is 4.79 Å². The summed E-state index contributed by atoms with van der Waals surface area (Å²) in [6.07, 6.45) is 0. The average Bonchev–Trinajstić information content (AvgIpc) is 2.94. The van der Waals surface area contributed by atoms with Gasteiger partial charge in [0.05, 0.1) is 10.7 Å². The quantitative estimate of drug-likeness (QED) is 0.927. The molecule has 0 saturated carbocycles. The van der Waals surface area contributed by atoms with Gasteiger partial charge in [-0.2, -0.15) is 0 Å². The number of hydrogen-bond acceptors (Lipinski definition) is 4. The second-order valence-electron chi connectivity index (χ2n) is 5.38. The maximum Gasteiger partial charge on any atom is 0.254 e. The van der Waals surface area contributed by atoms with Crippen LogP contribution in [0, 0.1) is 6.92 Å². The first-order chi connectivity index (χ1) is 10.1. The summed E-state index contributed by atoms with van der Waals surface area (Å²) in [5, 5.41) is 6.38. The number of benzene rings is 1. The highest BCUT2D eigenvalue weighted by Crippen LogP contribution is 2.23. The lowest BCUT2D eigenvalue weighted by Gasteiger charge is -2.34. The van der Waals surface area contributed by atoms with E-state index in [9.17, 15) is 4.79 Å². The maximum absolute atomic E-state index is 12.7. The molecule has 4 nitrogen and oxygen atoms in total. The Balaban J connectivity index is 1.87. The van der Waals surface area contributed by atoms with Gasteiger partial charge in [0.1, 0.15) is 0 Å². The van der Waals surface area contributed by atoms with Gasteiger partial charge < -0.3 is 10.2 Å². The van der Waals surface area contributed by atoms with Crippen LogP contribution < -0.4 is 5.32 Å². The summed E-state index contributed by atoms with van der Waals surface area (Å²) in [5.74, 6) is 0.109. The highest BCUT2D eigenvalue weighted by molar-refractivity contribution is 7.09. The Morgan fingerprint density at radius 3 is 3.05 bits per heavy atom. The zero-order valence-electron chi connectivity index (χ0n) is 12.3. The third kappa shape index (κ3) is 2.99. The molecule has 0 spiro atoms. The lowest BCUT2D eigenvalue weighted by Crippen LogP contribution is -2.52. The number of hydrogen-bond donors (Lipinski definition) is 1. The van der Waals surface area contributed by atoms with Gasteiger partial charge in [-0.1, -0.05) is 12.1 Å². The summed E-state index contributed by atoms with van der Waals surface area (Å²) in [6, 6.07) is 8.01.